The molecule has 3 heteroatoms. The number of aromatic nitrogens is 3. The molecular weight excluding hydrogens is 126 g/mol. The van der Waals surface area contributed by atoms with Gasteiger partial charge in [-0.2, -0.15) is 0 Å². The minimum absolute atomic E-state index is 0.489. The van der Waals surface area contributed by atoms with Crippen molar-refractivity contribution in [2.24, 2.45) is 0 Å². The molecule has 0 aliphatic carbocycles. The summed E-state index contributed by atoms with van der Waals surface area (Å²) >= 11 is 0. The lowest BCUT2D eigenvalue weighted by molar-refractivity contribution is 0.762. The van der Waals surface area contributed by atoms with Crippen LogP contribution in [0.15, 0.2) is 6.20 Å². The van der Waals surface area contributed by atoms with Crippen LogP contribution in [-0.2, 0) is 0 Å². The molecule has 0 atom stereocenters. The Morgan fingerprint density at radius 1 is 1.40 bits per heavy atom. The van der Waals surface area contributed by atoms with Crippen molar-refractivity contribution in [3.8, 4) is 0 Å². The van der Waals surface area contributed by atoms with E-state index in [1.165, 1.54) is 5.56 Å². The maximum Gasteiger partial charge on any atom is 0.0668 e. The second-order valence-corrected chi connectivity index (χ2v) is 2.63. The van der Waals surface area contributed by atoms with Crippen LogP contribution in [0.4, 0.5) is 0 Å². The first-order valence-corrected chi connectivity index (χ1v) is 3.36. The Morgan fingerprint density at radius 3 is 2.50 bits per heavy atom. The summed E-state index contributed by atoms with van der Waals surface area (Å²) in [5, 5.41) is 11.1. The van der Waals surface area contributed by atoms with Gasteiger partial charge in [0.05, 0.1) is 11.9 Å². The average molecular weight is 137 g/mol. The van der Waals surface area contributed by atoms with Crippen LogP contribution >= 0.6 is 0 Å². The van der Waals surface area contributed by atoms with Crippen LogP contribution in [0.2, 0.25) is 0 Å². The van der Waals surface area contributed by atoms with Gasteiger partial charge in [0.2, 0.25) is 0 Å². The molecule has 0 fully saturated rings. The molecule has 0 aliphatic heterocycles. The molecule has 54 valence electrons. The van der Waals surface area contributed by atoms with Gasteiger partial charge < -0.3 is 0 Å². The molecule has 1 rings (SSSR count). The van der Waals surface area contributed by atoms with Crippen LogP contribution in [0.5, 0.6) is 0 Å². The van der Waals surface area contributed by atoms with Gasteiger partial charge in [0.1, 0.15) is 0 Å². The van der Waals surface area contributed by atoms with Crippen LogP contribution < -0.4 is 0 Å². The smallest absolute Gasteiger partial charge is 0.0668 e. The molecule has 0 amide bonds. The minimum Gasteiger partial charge on any atom is -0.138 e. The highest BCUT2D eigenvalue weighted by molar-refractivity contribution is 5.16. The third-order valence-electron chi connectivity index (χ3n) is 1.48. The van der Waals surface area contributed by atoms with Gasteiger partial charge in [-0.15, -0.1) is 10.2 Å². The lowest BCUT2D eigenvalue weighted by Crippen LogP contribution is -1.98. The van der Waals surface area contributed by atoms with E-state index in [1.54, 1.807) is 6.20 Å². The van der Waals surface area contributed by atoms with Crippen LogP contribution in [0.3, 0.4) is 0 Å². The fraction of sp³-hybridized carbons (Fsp3) is 0.571. The maximum absolute atomic E-state index is 3.84. The summed E-state index contributed by atoms with van der Waals surface area (Å²) in [6.45, 7) is 6.18. The normalized spacial score (nSPS) is 10.4. The number of rotatable bonds is 1. The van der Waals surface area contributed by atoms with Crippen LogP contribution in [0, 0.1) is 6.92 Å². The minimum atomic E-state index is 0.489. The van der Waals surface area contributed by atoms with Crippen LogP contribution in [-0.4, -0.2) is 15.4 Å². The maximum atomic E-state index is 3.84. The Labute approximate surface area is 60.5 Å². The van der Waals surface area contributed by atoms with E-state index in [0.29, 0.717) is 5.92 Å². The average Bonchev–Trinajstić information content (AvgIpc) is 1.88. The predicted molar refractivity (Wildman–Crippen MR) is 38.7 cm³/mol. The molecule has 1 aromatic heterocycles. The van der Waals surface area contributed by atoms with Crippen LogP contribution in [0.1, 0.15) is 31.0 Å². The van der Waals surface area contributed by atoms with Gasteiger partial charge in [0, 0.05) is 0 Å². The van der Waals surface area contributed by atoms with Crippen molar-refractivity contribution in [2.75, 3.05) is 0 Å². The van der Waals surface area contributed by atoms with Crippen LogP contribution in [0.25, 0.3) is 0 Å². The molecule has 0 radical (unpaired) electrons. The first kappa shape index (κ1) is 7.12. The Balaban J connectivity index is 3.03. The van der Waals surface area contributed by atoms with E-state index < -0.39 is 0 Å². The summed E-state index contributed by atoms with van der Waals surface area (Å²) < 4.78 is 0. The number of hydrogen-bond donors (Lipinski definition) is 0. The topological polar surface area (TPSA) is 38.7 Å². The summed E-state index contributed by atoms with van der Waals surface area (Å²) in [4.78, 5) is 0. The molecule has 0 bridgehead atoms. The second-order valence-electron chi connectivity index (χ2n) is 2.63. The third-order valence-corrected chi connectivity index (χ3v) is 1.48. The summed E-state index contributed by atoms with van der Waals surface area (Å²) in [5.74, 6) is 0.489. The van der Waals surface area contributed by atoms with Gasteiger partial charge in [0.25, 0.3) is 0 Å². The fourth-order valence-electron chi connectivity index (χ4n) is 0.899. The molecule has 0 spiro atoms. The molecule has 0 saturated heterocycles. The Morgan fingerprint density at radius 2 is 2.10 bits per heavy atom. The van der Waals surface area contributed by atoms with Gasteiger partial charge in [0.15, 0.2) is 0 Å². The van der Waals surface area contributed by atoms with Crippen molar-refractivity contribution in [2.45, 2.75) is 26.7 Å². The van der Waals surface area contributed by atoms with E-state index in [-0.39, 0.29) is 0 Å². The van der Waals surface area contributed by atoms with Gasteiger partial charge in [-0.25, -0.2) is 0 Å². The zero-order chi connectivity index (χ0) is 7.56. The number of nitrogens with zero attached hydrogens (tertiary/aromatic N) is 3. The highest BCUT2D eigenvalue weighted by Gasteiger charge is 2.02. The van der Waals surface area contributed by atoms with Crippen molar-refractivity contribution < 1.29 is 0 Å². The molecule has 0 aliphatic rings. The molecule has 10 heavy (non-hydrogen) atoms. The number of aryl methyl sites for hydroxylation is 1. The van der Waals surface area contributed by atoms with E-state index in [1.807, 2.05) is 6.92 Å². The molecule has 0 N–H and O–H groups in total. The molecule has 1 aromatic rings. The van der Waals surface area contributed by atoms with Crippen molar-refractivity contribution in [3.05, 3.63) is 17.5 Å². The summed E-state index contributed by atoms with van der Waals surface area (Å²) in [5.41, 5.74) is 2.15. The fourth-order valence-corrected chi connectivity index (χ4v) is 0.899. The van der Waals surface area contributed by atoms with Gasteiger partial charge in [-0.1, -0.05) is 13.8 Å². The summed E-state index contributed by atoms with van der Waals surface area (Å²) in [7, 11) is 0. The van der Waals surface area contributed by atoms with E-state index in [9.17, 15) is 0 Å². The first-order chi connectivity index (χ1) is 4.72. The van der Waals surface area contributed by atoms with E-state index in [0.717, 1.165) is 5.69 Å². The molecule has 0 saturated carbocycles. The SMILES string of the molecule is Cc1nnncc1C(C)C. The molecule has 3 nitrogen and oxygen atoms in total. The van der Waals surface area contributed by atoms with Crippen molar-refractivity contribution in [3.63, 3.8) is 0 Å². The third kappa shape index (κ3) is 1.29. The standard InChI is InChI=1S/C7H11N3/c1-5(2)7-4-8-10-9-6(7)3/h4-5H,1-3H3. The molecule has 1 heterocycles. The van der Waals surface area contributed by atoms with E-state index in [4.69, 9.17) is 0 Å². The second kappa shape index (κ2) is 2.73. The highest BCUT2D eigenvalue weighted by Crippen LogP contribution is 2.13. The molecule has 0 aromatic carbocycles. The van der Waals surface area contributed by atoms with E-state index >= 15 is 0 Å². The Hall–Kier alpha value is -0.990. The van der Waals surface area contributed by atoms with Gasteiger partial charge in [-0.3, -0.25) is 0 Å². The molecular formula is C7H11N3. The quantitative estimate of drug-likeness (QED) is 0.585. The predicted octanol–water partition coefficient (Wildman–Crippen LogP) is 1.30. The van der Waals surface area contributed by atoms with E-state index in [2.05, 4.69) is 29.3 Å². The lowest BCUT2D eigenvalue weighted by Gasteiger charge is -2.04. The first-order valence-electron chi connectivity index (χ1n) is 3.36. The Kier molecular flexibility index (Phi) is 1.94. The number of hydrogen-bond acceptors (Lipinski definition) is 3. The van der Waals surface area contributed by atoms with Crippen molar-refractivity contribution >= 4 is 0 Å². The highest BCUT2D eigenvalue weighted by atomic mass is 15.3. The monoisotopic (exact) mass is 137 g/mol. The van der Waals surface area contributed by atoms with Crippen molar-refractivity contribution in [1.29, 1.82) is 0 Å². The zero-order valence-corrected chi connectivity index (χ0v) is 6.50. The Bertz CT molecular complexity index is 220. The van der Waals surface area contributed by atoms with Gasteiger partial charge in [-0.05, 0) is 23.6 Å². The lowest BCUT2D eigenvalue weighted by atomic mass is 10.1. The summed E-state index contributed by atoms with van der Waals surface area (Å²) in [6, 6.07) is 0. The zero-order valence-electron chi connectivity index (χ0n) is 6.50. The molecule has 0 unspecified atom stereocenters. The largest absolute Gasteiger partial charge is 0.138 e. The summed E-state index contributed by atoms with van der Waals surface area (Å²) in [6.07, 6.45) is 1.77. The van der Waals surface area contributed by atoms with Crippen molar-refractivity contribution in [1.82, 2.24) is 15.4 Å². The van der Waals surface area contributed by atoms with Gasteiger partial charge >= 0.3 is 0 Å².